The van der Waals surface area contributed by atoms with Gasteiger partial charge < -0.3 is 16.4 Å². The molecule has 0 spiro atoms. The number of carbonyl (C=O) groups excluding carboxylic acids is 1. The molecule has 3 aromatic rings. The molecular formula is C29H33F3N6O2. The van der Waals surface area contributed by atoms with Crippen LogP contribution in [-0.4, -0.2) is 57.6 Å². The molecule has 1 amide bonds. The lowest BCUT2D eigenvalue weighted by Crippen LogP contribution is -2.46. The minimum Gasteiger partial charge on any atom is -0.405 e. The largest absolute Gasteiger partial charge is 0.405 e. The molecule has 2 aromatic carbocycles. The van der Waals surface area contributed by atoms with Crippen LogP contribution in [0.5, 0.6) is 0 Å². The molecule has 2 fully saturated rings. The first-order valence-electron chi connectivity index (χ1n) is 13.5. The summed E-state index contributed by atoms with van der Waals surface area (Å²) in [5.74, 6) is -2.16. The molecular weight excluding hydrogens is 521 g/mol. The zero-order valence-corrected chi connectivity index (χ0v) is 22.1. The monoisotopic (exact) mass is 554 g/mol. The minimum absolute atomic E-state index is 0.0103. The number of nitrogens with zero attached hydrogens (tertiary/aromatic N) is 4. The normalized spacial score (nSPS) is 18.3. The molecule has 2 saturated heterocycles. The summed E-state index contributed by atoms with van der Waals surface area (Å²) in [4.78, 5) is 31.0. The molecule has 212 valence electrons. The highest BCUT2D eigenvalue weighted by Crippen LogP contribution is 2.30. The lowest BCUT2D eigenvalue weighted by molar-refractivity contribution is -0.138. The summed E-state index contributed by atoms with van der Waals surface area (Å²) in [5.41, 5.74) is 12.3. The van der Waals surface area contributed by atoms with E-state index in [0.717, 1.165) is 54.3 Å². The standard InChI is InChI=1S/C29H33F3N6O2/c30-21-1-2-26-27(16-21)38(25-14-22(31)13-23(32)15-25)29(40)37(26)24-6-11-36(12-7-24)28(39)20-4-9-35(10-5-20)18-19(17-34)3-8-33/h1-3,8,13-17,20,24H,4-7,9-12,18,33-34H2. The van der Waals surface area contributed by atoms with Crippen LogP contribution in [0.15, 0.2) is 65.2 Å². The summed E-state index contributed by atoms with van der Waals surface area (Å²) in [7, 11) is 0. The van der Waals surface area contributed by atoms with E-state index < -0.39 is 23.1 Å². The molecule has 8 nitrogen and oxygen atoms in total. The SMILES string of the molecule is NC=CC(=CN)CN1CCC(C(=O)N2CCC(n3c(=O)n(-c4cc(F)cc(F)c4)c4cc(F)ccc43)CC2)CC1. The number of imidazole rings is 1. The fourth-order valence-corrected chi connectivity index (χ4v) is 5.95. The van der Waals surface area contributed by atoms with Crippen molar-refractivity contribution >= 4 is 16.9 Å². The molecule has 11 heteroatoms. The molecule has 0 saturated carbocycles. The van der Waals surface area contributed by atoms with E-state index in [1.54, 1.807) is 16.8 Å². The van der Waals surface area contributed by atoms with Gasteiger partial charge in [0.25, 0.3) is 0 Å². The number of benzene rings is 2. The van der Waals surface area contributed by atoms with Gasteiger partial charge in [-0.3, -0.25) is 18.8 Å². The van der Waals surface area contributed by atoms with Crippen molar-refractivity contribution in [2.45, 2.75) is 31.7 Å². The van der Waals surface area contributed by atoms with Crippen LogP contribution in [-0.2, 0) is 4.79 Å². The molecule has 40 heavy (non-hydrogen) atoms. The Kier molecular flexibility index (Phi) is 8.02. The Morgan fingerprint density at radius 3 is 2.17 bits per heavy atom. The fourth-order valence-electron chi connectivity index (χ4n) is 5.95. The van der Waals surface area contributed by atoms with Gasteiger partial charge in [0.05, 0.1) is 16.7 Å². The van der Waals surface area contributed by atoms with Gasteiger partial charge >= 0.3 is 5.69 Å². The van der Waals surface area contributed by atoms with Gasteiger partial charge in [0.15, 0.2) is 0 Å². The zero-order chi connectivity index (χ0) is 28.4. The van der Waals surface area contributed by atoms with E-state index in [1.165, 1.54) is 24.4 Å². The van der Waals surface area contributed by atoms with Gasteiger partial charge in [-0.1, -0.05) is 0 Å². The quantitative estimate of drug-likeness (QED) is 0.455. The predicted octanol–water partition coefficient (Wildman–Crippen LogP) is 3.40. The lowest BCUT2D eigenvalue weighted by Gasteiger charge is -2.37. The van der Waals surface area contributed by atoms with Gasteiger partial charge in [-0.15, -0.1) is 0 Å². The summed E-state index contributed by atoms with van der Waals surface area (Å²) >= 11 is 0. The number of piperidine rings is 2. The third kappa shape index (κ3) is 5.51. The summed E-state index contributed by atoms with van der Waals surface area (Å²) in [5, 5.41) is 0. The summed E-state index contributed by atoms with van der Waals surface area (Å²) in [6, 6.07) is 6.54. The molecule has 0 bridgehead atoms. The van der Waals surface area contributed by atoms with Crippen molar-refractivity contribution in [3.05, 3.63) is 88.4 Å². The number of nitrogens with two attached hydrogens (primary N) is 2. The van der Waals surface area contributed by atoms with Crippen LogP contribution in [0, 0.1) is 23.4 Å². The summed E-state index contributed by atoms with van der Waals surface area (Å²) in [6.07, 6.45) is 7.36. The van der Waals surface area contributed by atoms with Crippen molar-refractivity contribution in [1.29, 1.82) is 0 Å². The second-order valence-corrected chi connectivity index (χ2v) is 10.5. The Morgan fingerprint density at radius 1 is 0.875 bits per heavy atom. The van der Waals surface area contributed by atoms with E-state index in [4.69, 9.17) is 11.5 Å². The number of hydrogen-bond acceptors (Lipinski definition) is 5. The van der Waals surface area contributed by atoms with E-state index in [-0.39, 0.29) is 29.1 Å². The average Bonchev–Trinajstić information content (AvgIpc) is 3.23. The minimum atomic E-state index is -0.833. The second-order valence-electron chi connectivity index (χ2n) is 10.5. The number of fused-ring (bicyclic) bond motifs is 1. The Morgan fingerprint density at radius 2 is 1.55 bits per heavy atom. The first-order chi connectivity index (χ1) is 19.3. The van der Waals surface area contributed by atoms with E-state index in [9.17, 15) is 22.8 Å². The zero-order valence-electron chi connectivity index (χ0n) is 22.1. The molecule has 0 radical (unpaired) electrons. The van der Waals surface area contributed by atoms with Crippen molar-refractivity contribution in [2.75, 3.05) is 32.7 Å². The smallest absolute Gasteiger partial charge is 0.333 e. The molecule has 2 aliphatic heterocycles. The summed E-state index contributed by atoms with van der Waals surface area (Å²) < 4.78 is 44.9. The molecule has 0 aliphatic carbocycles. The Bertz CT molecular complexity index is 1490. The van der Waals surface area contributed by atoms with E-state index in [1.807, 2.05) is 4.90 Å². The van der Waals surface area contributed by atoms with Crippen LogP contribution >= 0.6 is 0 Å². The molecule has 5 rings (SSSR count). The van der Waals surface area contributed by atoms with E-state index in [2.05, 4.69) is 4.90 Å². The van der Waals surface area contributed by atoms with Gasteiger partial charge in [-0.2, -0.15) is 0 Å². The topological polar surface area (TPSA) is 103 Å². The number of carbonyl (C=O) groups is 1. The maximum atomic E-state index is 14.2. The Labute approximate surface area is 229 Å². The van der Waals surface area contributed by atoms with Crippen molar-refractivity contribution in [3.8, 4) is 5.69 Å². The third-order valence-electron chi connectivity index (χ3n) is 7.95. The fraction of sp³-hybridized carbons (Fsp3) is 0.379. The number of halogens is 3. The van der Waals surface area contributed by atoms with Gasteiger partial charge in [-0.05, 0) is 87.1 Å². The number of aromatic nitrogens is 2. The van der Waals surface area contributed by atoms with Gasteiger partial charge in [-0.25, -0.2) is 18.0 Å². The highest BCUT2D eigenvalue weighted by atomic mass is 19.1. The number of likely N-dealkylation sites (tertiary alicyclic amines) is 2. The van der Waals surface area contributed by atoms with Crippen molar-refractivity contribution < 1.29 is 18.0 Å². The van der Waals surface area contributed by atoms with Crippen LogP contribution in [0.3, 0.4) is 0 Å². The number of rotatable bonds is 6. The summed E-state index contributed by atoms with van der Waals surface area (Å²) in [6.45, 7) is 3.23. The Balaban J connectivity index is 1.29. The number of hydrogen-bond donors (Lipinski definition) is 2. The number of amides is 1. The van der Waals surface area contributed by atoms with Gasteiger partial charge in [0, 0.05) is 43.7 Å². The van der Waals surface area contributed by atoms with Crippen molar-refractivity contribution in [1.82, 2.24) is 18.9 Å². The van der Waals surface area contributed by atoms with Crippen LogP contribution in [0.25, 0.3) is 16.7 Å². The van der Waals surface area contributed by atoms with Gasteiger partial charge in [0.1, 0.15) is 17.5 Å². The highest BCUT2D eigenvalue weighted by molar-refractivity contribution is 5.80. The molecule has 2 aliphatic rings. The van der Waals surface area contributed by atoms with E-state index >= 15 is 0 Å². The lowest BCUT2D eigenvalue weighted by atomic mass is 9.93. The van der Waals surface area contributed by atoms with Crippen molar-refractivity contribution in [2.24, 2.45) is 17.4 Å². The second kappa shape index (κ2) is 11.6. The van der Waals surface area contributed by atoms with Gasteiger partial charge in [0.2, 0.25) is 5.91 Å². The van der Waals surface area contributed by atoms with Crippen molar-refractivity contribution in [3.63, 3.8) is 0 Å². The molecule has 3 heterocycles. The Hall–Kier alpha value is -3.99. The molecule has 0 atom stereocenters. The third-order valence-corrected chi connectivity index (χ3v) is 7.95. The maximum Gasteiger partial charge on any atom is 0.333 e. The van der Waals surface area contributed by atoms with E-state index in [0.29, 0.717) is 38.0 Å². The highest BCUT2D eigenvalue weighted by Gasteiger charge is 2.32. The van der Waals surface area contributed by atoms with Crippen LogP contribution < -0.4 is 17.2 Å². The molecule has 1 aromatic heterocycles. The first-order valence-corrected chi connectivity index (χ1v) is 13.5. The molecule has 0 unspecified atom stereocenters. The predicted molar refractivity (Wildman–Crippen MR) is 147 cm³/mol. The molecule has 4 N–H and O–H groups in total. The maximum absolute atomic E-state index is 14.2. The first kappa shape index (κ1) is 27.6. The van der Waals surface area contributed by atoms with Crippen LogP contribution in [0.2, 0.25) is 0 Å². The van der Waals surface area contributed by atoms with Crippen LogP contribution in [0.4, 0.5) is 13.2 Å². The van der Waals surface area contributed by atoms with Crippen LogP contribution in [0.1, 0.15) is 31.7 Å². The average molecular weight is 555 g/mol.